The zero-order valence-corrected chi connectivity index (χ0v) is 16.3. The fraction of sp³-hybridized carbons (Fsp3) is 0.476. The Labute approximate surface area is 165 Å². The summed E-state index contributed by atoms with van der Waals surface area (Å²) >= 11 is 0. The van der Waals surface area contributed by atoms with Gasteiger partial charge in [-0.1, -0.05) is 54.5 Å². The van der Waals surface area contributed by atoms with Crippen LogP contribution in [0.1, 0.15) is 43.7 Å². The van der Waals surface area contributed by atoms with Crippen molar-refractivity contribution in [2.24, 2.45) is 10.8 Å². The molecule has 0 heterocycles. The maximum absolute atomic E-state index is 11.3. The van der Waals surface area contributed by atoms with Crippen molar-refractivity contribution in [2.45, 2.75) is 50.7 Å². The van der Waals surface area contributed by atoms with E-state index in [9.17, 15) is 9.90 Å². The maximum Gasteiger partial charge on any atom is 0.320 e. The summed E-state index contributed by atoms with van der Waals surface area (Å²) in [7, 11) is 0. The van der Waals surface area contributed by atoms with E-state index in [1.165, 1.54) is 11.1 Å². The largest absolute Gasteiger partial charge is 0.480 e. The molecule has 150 valence electrons. The summed E-state index contributed by atoms with van der Waals surface area (Å²) in [6.45, 7) is 3.00. The van der Waals surface area contributed by atoms with Crippen molar-refractivity contribution in [3.8, 4) is 0 Å². The molecule has 3 N–H and O–H groups in total. The molecule has 2 rings (SSSR count). The van der Waals surface area contributed by atoms with Crippen LogP contribution < -0.4 is 5.73 Å². The molecule has 1 aromatic rings. The first-order valence-electron chi connectivity index (χ1n) is 9.62. The van der Waals surface area contributed by atoms with Crippen molar-refractivity contribution in [1.82, 2.24) is 0 Å². The van der Waals surface area contributed by atoms with Crippen molar-refractivity contribution in [3.63, 3.8) is 0 Å². The number of nitrogens with two attached hydrogens (primary N) is 1. The van der Waals surface area contributed by atoms with Crippen LogP contribution in [0.15, 0.2) is 47.6 Å². The zero-order valence-electron chi connectivity index (χ0n) is 16.3. The Kier molecular flexibility index (Phi) is 8.26. The number of carboxylic acids is 1. The summed E-state index contributed by atoms with van der Waals surface area (Å²) < 4.78 is 6.10. The predicted octanol–water partition coefficient (Wildman–Crippen LogP) is 4.24. The van der Waals surface area contributed by atoms with E-state index in [1.807, 2.05) is 24.3 Å². The van der Waals surface area contributed by atoms with Crippen LogP contribution in [0, 0.1) is 0 Å². The van der Waals surface area contributed by atoms with Crippen LogP contribution in [0.5, 0.6) is 0 Å². The molecule has 7 heteroatoms. The predicted molar refractivity (Wildman–Crippen MR) is 110 cm³/mol. The highest BCUT2D eigenvalue weighted by Gasteiger charge is 2.34. The number of carboxylic acid groups (broad SMARTS) is 1. The summed E-state index contributed by atoms with van der Waals surface area (Å²) in [4.78, 5) is 14.0. The molecular formula is C21H28N4O3. The van der Waals surface area contributed by atoms with Crippen LogP contribution in [-0.4, -0.2) is 35.9 Å². The number of benzene rings is 1. The Morgan fingerprint density at radius 2 is 2.21 bits per heavy atom. The van der Waals surface area contributed by atoms with Gasteiger partial charge in [-0.2, -0.15) is 0 Å². The number of unbranched alkanes of at least 4 members (excludes halogenated alkanes) is 1. The van der Waals surface area contributed by atoms with Crippen LogP contribution in [-0.2, 0) is 16.0 Å². The summed E-state index contributed by atoms with van der Waals surface area (Å²) in [6.07, 6.45) is 9.22. The average molecular weight is 384 g/mol. The molecule has 2 unspecified atom stereocenters. The Balaban J connectivity index is 2.11. The number of aliphatic carboxylic acids is 1. The van der Waals surface area contributed by atoms with Gasteiger partial charge in [-0.15, -0.1) is 0 Å². The number of rotatable bonds is 11. The lowest BCUT2D eigenvalue weighted by Crippen LogP contribution is -2.42. The van der Waals surface area contributed by atoms with Gasteiger partial charge in [0.25, 0.3) is 0 Å². The molecule has 0 saturated heterocycles. The third-order valence-corrected chi connectivity index (χ3v) is 4.93. The Morgan fingerprint density at radius 1 is 1.43 bits per heavy atom. The van der Waals surface area contributed by atoms with E-state index in [2.05, 4.69) is 35.2 Å². The normalized spacial score (nSPS) is 19.6. The second kappa shape index (κ2) is 10.7. The van der Waals surface area contributed by atoms with Gasteiger partial charge in [0, 0.05) is 24.5 Å². The van der Waals surface area contributed by atoms with E-state index >= 15 is 0 Å². The number of nitrogens with zero attached hydrogens (tertiary/aromatic N) is 3. The fourth-order valence-corrected chi connectivity index (χ4v) is 3.35. The van der Waals surface area contributed by atoms with Crippen LogP contribution in [0.2, 0.25) is 0 Å². The summed E-state index contributed by atoms with van der Waals surface area (Å²) in [5, 5.41) is 12.7. The molecule has 0 amide bonds. The topological polar surface area (TPSA) is 121 Å². The molecule has 0 bridgehead atoms. The van der Waals surface area contributed by atoms with E-state index in [0.717, 1.165) is 24.8 Å². The van der Waals surface area contributed by atoms with E-state index < -0.39 is 17.6 Å². The van der Waals surface area contributed by atoms with E-state index in [0.29, 0.717) is 19.6 Å². The highest BCUT2D eigenvalue weighted by atomic mass is 16.5. The number of carbonyl (C=O) groups is 1. The van der Waals surface area contributed by atoms with Gasteiger partial charge < -0.3 is 15.6 Å². The lowest BCUT2D eigenvalue weighted by Gasteiger charge is -2.34. The SMILES string of the molecule is CCc1ccccc1C1=CCC(CC(N)C(=O)O)(OCCCCN=[N+]=[N-])C=C1. The third-order valence-electron chi connectivity index (χ3n) is 4.93. The first-order chi connectivity index (χ1) is 13.5. The first kappa shape index (κ1) is 21.7. The highest BCUT2D eigenvalue weighted by molar-refractivity contribution is 5.78. The van der Waals surface area contributed by atoms with Crippen molar-refractivity contribution in [2.75, 3.05) is 13.2 Å². The molecular weight excluding hydrogens is 356 g/mol. The number of hydrogen-bond donors (Lipinski definition) is 2. The molecule has 0 fully saturated rings. The Morgan fingerprint density at radius 3 is 2.86 bits per heavy atom. The monoisotopic (exact) mass is 384 g/mol. The molecule has 1 aromatic carbocycles. The maximum atomic E-state index is 11.3. The molecule has 0 spiro atoms. The number of allylic oxidation sites excluding steroid dienone is 2. The van der Waals surface area contributed by atoms with Gasteiger partial charge in [-0.05, 0) is 47.9 Å². The Bertz CT molecular complexity index is 784. The molecule has 1 aliphatic carbocycles. The molecule has 28 heavy (non-hydrogen) atoms. The van der Waals surface area contributed by atoms with Crippen molar-refractivity contribution in [3.05, 3.63) is 64.1 Å². The minimum absolute atomic E-state index is 0.203. The molecule has 2 atom stereocenters. The van der Waals surface area contributed by atoms with Gasteiger partial charge in [0.1, 0.15) is 6.04 Å². The summed E-state index contributed by atoms with van der Waals surface area (Å²) in [5.41, 5.74) is 17.0. The van der Waals surface area contributed by atoms with Crippen LogP contribution in [0.3, 0.4) is 0 Å². The second-order valence-corrected chi connectivity index (χ2v) is 6.93. The molecule has 0 aliphatic heterocycles. The van der Waals surface area contributed by atoms with Gasteiger partial charge in [0.05, 0.1) is 5.60 Å². The first-order valence-corrected chi connectivity index (χ1v) is 9.62. The minimum Gasteiger partial charge on any atom is -0.480 e. The molecule has 1 aliphatic rings. The third kappa shape index (κ3) is 5.96. The number of hydrogen-bond acceptors (Lipinski definition) is 4. The smallest absolute Gasteiger partial charge is 0.320 e. The average Bonchev–Trinajstić information content (AvgIpc) is 2.71. The van der Waals surface area contributed by atoms with Gasteiger partial charge >= 0.3 is 5.97 Å². The highest BCUT2D eigenvalue weighted by Crippen LogP contribution is 2.34. The molecule has 0 radical (unpaired) electrons. The van der Waals surface area contributed by atoms with Crippen molar-refractivity contribution >= 4 is 11.5 Å². The van der Waals surface area contributed by atoms with Gasteiger partial charge in [0.2, 0.25) is 0 Å². The summed E-state index contributed by atoms with van der Waals surface area (Å²) in [6, 6.07) is 7.27. The number of azide groups is 1. The molecule has 0 aromatic heterocycles. The van der Waals surface area contributed by atoms with E-state index in [-0.39, 0.29) is 6.42 Å². The van der Waals surface area contributed by atoms with E-state index in [1.54, 1.807) is 0 Å². The van der Waals surface area contributed by atoms with Crippen LogP contribution in [0.25, 0.3) is 16.0 Å². The lowest BCUT2D eigenvalue weighted by molar-refractivity contribution is -0.140. The van der Waals surface area contributed by atoms with E-state index in [4.69, 9.17) is 16.0 Å². The standard InChI is InChI=1S/C21H28N4O3/c1-2-16-7-3-4-8-18(16)17-9-11-21(12-10-17,15-19(22)20(26)27)28-14-6-5-13-24-25-23/h3-4,7-11,19H,2,5-6,12-15,22H2,1H3,(H,26,27). The lowest BCUT2D eigenvalue weighted by atomic mass is 9.83. The minimum atomic E-state index is -1.04. The van der Waals surface area contributed by atoms with Gasteiger partial charge in [-0.25, -0.2) is 0 Å². The van der Waals surface area contributed by atoms with Crippen LogP contribution >= 0.6 is 0 Å². The zero-order chi connectivity index (χ0) is 20.4. The van der Waals surface area contributed by atoms with Crippen LogP contribution in [0.4, 0.5) is 0 Å². The summed E-state index contributed by atoms with van der Waals surface area (Å²) in [5.74, 6) is -1.04. The second-order valence-electron chi connectivity index (χ2n) is 6.93. The quantitative estimate of drug-likeness (QED) is 0.256. The van der Waals surface area contributed by atoms with Crippen molar-refractivity contribution in [1.29, 1.82) is 0 Å². The number of ether oxygens (including phenoxy) is 1. The Hall–Kier alpha value is -2.60. The van der Waals surface area contributed by atoms with Crippen molar-refractivity contribution < 1.29 is 14.6 Å². The fourth-order valence-electron chi connectivity index (χ4n) is 3.35. The number of aryl methyl sites for hydroxylation is 1. The van der Waals surface area contributed by atoms with Gasteiger partial charge in [0.15, 0.2) is 0 Å². The molecule has 0 saturated carbocycles. The van der Waals surface area contributed by atoms with Gasteiger partial charge in [-0.3, -0.25) is 4.79 Å². The molecule has 7 nitrogen and oxygen atoms in total.